The fourth-order valence-corrected chi connectivity index (χ4v) is 3.00. The van der Waals surface area contributed by atoms with E-state index < -0.39 is 0 Å². The maximum Gasteiger partial charge on any atom is 0.139 e. The molecule has 4 heteroatoms. The van der Waals surface area contributed by atoms with Gasteiger partial charge in [-0.2, -0.15) is 0 Å². The molecule has 4 nitrogen and oxygen atoms in total. The molecule has 1 aliphatic rings. The first kappa shape index (κ1) is 12.4. The minimum absolute atomic E-state index is 0.0913. The number of benzene rings is 1. The van der Waals surface area contributed by atoms with E-state index in [-0.39, 0.29) is 5.54 Å². The molecule has 1 aliphatic carbocycles. The van der Waals surface area contributed by atoms with E-state index in [2.05, 4.69) is 26.9 Å². The van der Waals surface area contributed by atoms with Gasteiger partial charge in [0.15, 0.2) is 0 Å². The van der Waals surface area contributed by atoms with Gasteiger partial charge in [-0.15, -0.1) is 10.2 Å². The Labute approximate surface area is 113 Å². The van der Waals surface area contributed by atoms with E-state index in [0.29, 0.717) is 0 Å². The Balaban J connectivity index is 1.95. The molecule has 1 fully saturated rings. The van der Waals surface area contributed by atoms with Crippen LogP contribution in [0.2, 0.25) is 0 Å². The van der Waals surface area contributed by atoms with Crippen LogP contribution in [0, 0.1) is 6.92 Å². The van der Waals surface area contributed by atoms with Crippen molar-refractivity contribution in [1.82, 2.24) is 14.8 Å². The quantitative estimate of drug-likeness (QED) is 0.917. The van der Waals surface area contributed by atoms with Crippen molar-refractivity contribution in [2.24, 2.45) is 5.73 Å². The van der Waals surface area contributed by atoms with Crippen molar-refractivity contribution in [3.63, 3.8) is 0 Å². The average molecular weight is 256 g/mol. The summed E-state index contributed by atoms with van der Waals surface area (Å²) in [6, 6.07) is 10.2. The molecule has 100 valence electrons. The molecule has 1 aromatic heterocycles. The van der Waals surface area contributed by atoms with Crippen LogP contribution in [0.4, 0.5) is 0 Å². The molecule has 1 aromatic carbocycles. The van der Waals surface area contributed by atoms with Crippen LogP contribution >= 0.6 is 0 Å². The van der Waals surface area contributed by atoms with E-state index in [0.717, 1.165) is 36.6 Å². The molecule has 2 aromatic rings. The van der Waals surface area contributed by atoms with Crippen molar-refractivity contribution < 1.29 is 0 Å². The second-order valence-corrected chi connectivity index (χ2v) is 5.58. The van der Waals surface area contributed by atoms with Crippen molar-refractivity contribution in [3.05, 3.63) is 42.0 Å². The van der Waals surface area contributed by atoms with Crippen molar-refractivity contribution >= 4 is 0 Å². The van der Waals surface area contributed by atoms with E-state index in [9.17, 15) is 0 Å². The third kappa shape index (κ3) is 2.40. The summed E-state index contributed by atoms with van der Waals surface area (Å²) in [5, 5.41) is 8.56. The van der Waals surface area contributed by atoms with E-state index in [4.69, 9.17) is 5.73 Å². The first-order valence-electron chi connectivity index (χ1n) is 6.93. The first-order valence-corrected chi connectivity index (χ1v) is 6.93. The fraction of sp³-hybridized carbons (Fsp3) is 0.467. The number of aromatic nitrogens is 3. The van der Waals surface area contributed by atoms with Gasteiger partial charge in [-0.1, -0.05) is 31.0 Å². The predicted molar refractivity (Wildman–Crippen MR) is 75.2 cm³/mol. The molecule has 0 aliphatic heterocycles. The van der Waals surface area contributed by atoms with Gasteiger partial charge in [0.1, 0.15) is 11.6 Å². The fourth-order valence-electron chi connectivity index (χ4n) is 3.00. The zero-order chi connectivity index (χ0) is 13.3. The summed E-state index contributed by atoms with van der Waals surface area (Å²) in [6.45, 7) is 1.99. The van der Waals surface area contributed by atoms with Crippen LogP contribution in [-0.2, 0) is 6.42 Å². The minimum atomic E-state index is -0.0913. The molecule has 0 radical (unpaired) electrons. The smallest absolute Gasteiger partial charge is 0.139 e. The van der Waals surface area contributed by atoms with Crippen molar-refractivity contribution in [3.8, 4) is 5.69 Å². The molecule has 3 rings (SSSR count). The first-order chi connectivity index (χ1) is 9.18. The van der Waals surface area contributed by atoms with Gasteiger partial charge in [0, 0.05) is 17.6 Å². The SMILES string of the molecule is Cc1nnc(CC2(N)CCCC2)n1-c1ccccc1. The molecule has 0 spiro atoms. The molecule has 0 bridgehead atoms. The molecule has 19 heavy (non-hydrogen) atoms. The highest BCUT2D eigenvalue weighted by molar-refractivity contribution is 5.34. The van der Waals surface area contributed by atoms with Crippen molar-refractivity contribution in [2.45, 2.75) is 44.6 Å². The number of aryl methyl sites for hydroxylation is 1. The van der Waals surface area contributed by atoms with Gasteiger partial charge in [0.25, 0.3) is 0 Å². The van der Waals surface area contributed by atoms with Gasteiger partial charge in [-0.25, -0.2) is 0 Å². The van der Waals surface area contributed by atoms with Crippen LogP contribution in [0.5, 0.6) is 0 Å². The highest BCUT2D eigenvalue weighted by Gasteiger charge is 2.31. The highest BCUT2D eigenvalue weighted by Crippen LogP contribution is 2.30. The Morgan fingerprint density at radius 3 is 2.53 bits per heavy atom. The Morgan fingerprint density at radius 2 is 1.84 bits per heavy atom. The summed E-state index contributed by atoms with van der Waals surface area (Å²) in [5.41, 5.74) is 7.49. The Morgan fingerprint density at radius 1 is 1.16 bits per heavy atom. The number of hydrogen-bond donors (Lipinski definition) is 1. The summed E-state index contributed by atoms with van der Waals surface area (Å²) in [7, 11) is 0. The van der Waals surface area contributed by atoms with E-state index in [1.807, 2.05) is 25.1 Å². The normalized spacial score (nSPS) is 17.8. The average Bonchev–Trinajstić information content (AvgIpc) is 2.98. The second kappa shape index (κ2) is 4.78. The molecule has 1 heterocycles. The zero-order valence-corrected chi connectivity index (χ0v) is 11.3. The lowest BCUT2D eigenvalue weighted by Gasteiger charge is -2.23. The van der Waals surface area contributed by atoms with Gasteiger partial charge in [0.2, 0.25) is 0 Å². The molecular formula is C15H20N4. The largest absolute Gasteiger partial charge is 0.325 e. The van der Waals surface area contributed by atoms with Crippen molar-refractivity contribution in [2.75, 3.05) is 0 Å². The topological polar surface area (TPSA) is 56.7 Å². The predicted octanol–water partition coefficient (Wildman–Crippen LogP) is 2.39. The molecule has 2 N–H and O–H groups in total. The van der Waals surface area contributed by atoms with Gasteiger partial charge in [0.05, 0.1) is 0 Å². The highest BCUT2D eigenvalue weighted by atomic mass is 15.3. The van der Waals surface area contributed by atoms with E-state index in [1.54, 1.807) is 0 Å². The molecule has 0 unspecified atom stereocenters. The number of rotatable bonds is 3. The Bertz CT molecular complexity index is 553. The lowest BCUT2D eigenvalue weighted by atomic mass is 9.94. The Kier molecular flexibility index (Phi) is 3.11. The van der Waals surface area contributed by atoms with Crippen LogP contribution in [0.1, 0.15) is 37.3 Å². The van der Waals surface area contributed by atoms with Gasteiger partial charge < -0.3 is 5.73 Å². The summed E-state index contributed by atoms with van der Waals surface area (Å²) in [5.74, 6) is 1.90. The molecular weight excluding hydrogens is 236 g/mol. The maximum absolute atomic E-state index is 6.47. The maximum atomic E-state index is 6.47. The Hall–Kier alpha value is -1.68. The van der Waals surface area contributed by atoms with Crippen LogP contribution in [-0.4, -0.2) is 20.3 Å². The van der Waals surface area contributed by atoms with Gasteiger partial charge >= 0.3 is 0 Å². The van der Waals surface area contributed by atoms with Gasteiger partial charge in [-0.05, 0) is 31.9 Å². The monoisotopic (exact) mass is 256 g/mol. The number of para-hydroxylation sites is 1. The molecule has 0 amide bonds. The van der Waals surface area contributed by atoms with Crippen LogP contribution < -0.4 is 5.73 Å². The zero-order valence-electron chi connectivity index (χ0n) is 11.3. The minimum Gasteiger partial charge on any atom is -0.325 e. The lowest BCUT2D eigenvalue weighted by Crippen LogP contribution is -2.39. The summed E-state index contributed by atoms with van der Waals surface area (Å²) < 4.78 is 2.12. The molecule has 0 saturated heterocycles. The number of nitrogens with two attached hydrogens (primary N) is 1. The van der Waals surface area contributed by atoms with Crippen LogP contribution in [0.25, 0.3) is 5.69 Å². The van der Waals surface area contributed by atoms with E-state index in [1.165, 1.54) is 12.8 Å². The molecule has 0 atom stereocenters. The molecule has 1 saturated carbocycles. The summed E-state index contributed by atoms with van der Waals surface area (Å²) in [4.78, 5) is 0. The third-order valence-electron chi connectivity index (χ3n) is 4.02. The van der Waals surface area contributed by atoms with Gasteiger partial charge in [-0.3, -0.25) is 4.57 Å². The van der Waals surface area contributed by atoms with Crippen LogP contribution in [0.15, 0.2) is 30.3 Å². The third-order valence-corrected chi connectivity index (χ3v) is 4.02. The second-order valence-electron chi connectivity index (χ2n) is 5.58. The number of hydrogen-bond acceptors (Lipinski definition) is 3. The standard InChI is InChI=1S/C15H20N4/c1-12-17-18-14(11-15(16)9-5-6-10-15)19(12)13-7-3-2-4-8-13/h2-4,7-8H,5-6,9-11,16H2,1H3. The van der Waals surface area contributed by atoms with Crippen molar-refractivity contribution in [1.29, 1.82) is 0 Å². The lowest BCUT2D eigenvalue weighted by molar-refractivity contribution is 0.423. The summed E-state index contributed by atoms with van der Waals surface area (Å²) >= 11 is 0. The van der Waals surface area contributed by atoms with Crippen LogP contribution in [0.3, 0.4) is 0 Å². The summed E-state index contributed by atoms with van der Waals surface area (Å²) in [6.07, 6.45) is 5.45. The van der Waals surface area contributed by atoms with E-state index >= 15 is 0 Å². The number of nitrogens with zero attached hydrogens (tertiary/aromatic N) is 3.